The van der Waals surface area contributed by atoms with Gasteiger partial charge in [-0.25, -0.2) is 87.8 Å². The minimum absolute atomic E-state index is 0.286. The van der Waals surface area contributed by atoms with E-state index in [1.54, 1.807) is 0 Å². The van der Waals surface area contributed by atoms with Gasteiger partial charge in [-0.05, 0) is 11.1 Å². The van der Waals surface area contributed by atoms with Crippen molar-refractivity contribution in [2.45, 2.75) is 12.5 Å². The molecule has 2 nitrogen and oxygen atoms in total. The molecular weight excluding hydrogens is 947 g/mol. The van der Waals surface area contributed by atoms with Crippen molar-refractivity contribution in [1.82, 2.24) is 4.98 Å². The largest absolute Gasteiger partial charge is 0.252 e. The molecule has 0 N–H and O–H groups in total. The molecule has 1 aromatic heterocycles. The van der Waals surface area contributed by atoms with Gasteiger partial charge in [0.2, 0.25) is 5.69 Å². The van der Waals surface area contributed by atoms with Gasteiger partial charge in [-0.2, -0.15) is 4.57 Å². The van der Waals surface area contributed by atoms with Crippen LogP contribution in [0.4, 0.5) is 87.8 Å². The Balaban J connectivity index is 0.000000250. The number of allylic oxidation sites excluding steroid dienone is 1. The second-order valence-corrected chi connectivity index (χ2v) is 14.4. The molecule has 7 aromatic rings. The van der Waals surface area contributed by atoms with Gasteiger partial charge in [0.15, 0.2) is 82.5 Å². The third-order valence-electron chi connectivity index (χ3n) is 10.9. The topological polar surface area (TPSA) is 16.8 Å². The molecule has 1 unspecified atom stereocenters. The van der Waals surface area contributed by atoms with Gasteiger partial charge in [0.05, 0.1) is 18.3 Å². The molecule has 0 spiro atoms. The molecule has 6 aromatic carbocycles. The first kappa shape index (κ1) is 47.8. The van der Waals surface area contributed by atoms with Gasteiger partial charge >= 0.3 is 0 Å². The van der Waals surface area contributed by atoms with Crippen LogP contribution >= 0.6 is 0 Å². The summed E-state index contributed by atoms with van der Waals surface area (Å²) in [6.07, 6.45) is 3.17. The minimum Gasteiger partial charge on any atom is -0.252 e. The lowest BCUT2D eigenvalue weighted by Crippen LogP contribution is -2.81. The van der Waals surface area contributed by atoms with Crippen molar-refractivity contribution in [2.24, 2.45) is 0 Å². The van der Waals surface area contributed by atoms with E-state index in [1.807, 2.05) is 12.4 Å². The number of nitrogens with zero attached hydrogens (tertiary/aromatic N) is 2. The van der Waals surface area contributed by atoms with Crippen LogP contribution in [0.25, 0.3) is 6.08 Å². The molecule has 0 radical (unpaired) electrons. The molecule has 0 saturated heterocycles. The quantitative estimate of drug-likeness (QED) is 0.0512. The maximum absolute atomic E-state index is 15.4. The van der Waals surface area contributed by atoms with Gasteiger partial charge in [0.25, 0.3) is 0 Å². The summed E-state index contributed by atoms with van der Waals surface area (Å²) in [7, 11) is 0. The average molecular weight is 964 g/mol. The summed E-state index contributed by atoms with van der Waals surface area (Å²) in [5.41, 5.74) is -9.13. The highest BCUT2D eigenvalue weighted by molar-refractivity contribution is 7.20. The van der Waals surface area contributed by atoms with Crippen LogP contribution in [0.2, 0.25) is 0 Å². The first-order valence-electron chi connectivity index (χ1n) is 18.5. The Morgan fingerprint density at radius 2 is 0.731 bits per heavy atom. The molecule has 0 aliphatic heterocycles. The lowest BCUT2D eigenvalue weighted by molar-refractivity contribution is -0.696. The third-order valence-corrected chi connectivity index (χ3v) is 10.9. The molecule has 8 rings (SSSR count). The Morgan fingerprint density at radius 3 is 1.10 bits per heavy atom. The number of hydrogen-bond donors (Lipinski definition) is 0. The van der Waals surface area contributed by atoms with E-state index >= 15 is 35.1 Å². The molecular formula is C44H17BF20N2. The number of aromatic nitrogens is 2. The van der Waals surface area contributed by atoms with Crippen LogP contribution in [0.15, 0.2) is 79.3 Å². The second-order valence-electron chi connectivity index (χ2n) is 14.4. The number of rotatable bonds is 7. The Kier molecular flexibility index (Phi) is 12.8. The molecule has 1 aliphatic rings. The van der Waals surface area contributed by atoms with Crippen molar-refractivity contribution >= 4 is 34.1 Å². The Labute approximate surface area is 361 Å². The molecule has 0 bridgehead atoms. The third kappa shape index (κ3) is 7.43. The summed E-state index contributed by atoms with van der Waals surface area (Å²) >= 11 is 0. The van der Waals surface area contributed by atoms with Gasteiger partial charge in [0.1, 0.15) is 52.7 Å². The van der Waals surface area contributed by atoms with Crippen molar-refractivity contribution in [3.05, 3.63) is 218 Å². The summed E-state index contributed by atoms with van der Waals surface area (Å²) in [6.45, 7) is 0.866. The number of benzene rings is 6. The van der Waals surface area contributed by atoms with E-state index in [2.05, 4.69) is 82.5 Å². The summed E-state index contributed by atoms with van der Waals surface area (Å²) in [5.74, 6) is -71.1. The van der Waals surface area contributed by atoms with E-state index in [0.29, 0.717) is 0 Å². The SMILES string of the molecule is C1=CC(c2cncc[n+]2Cc2ccccc2)c2ccccc21.Fc1c(F)c(F)c([B-](c2c(F)c(F)c(F)c(F)c2F)(c2c(F)c(F)c(F)c(F)c2F)c2c(F)c(F)c(F)c(F)c2F)c(F)c1F. The average Bonchev–Trinajstić information content (AvgIpc) is 3.76. The predicted molar refractivity (Wildman–Crippen MR) is 197 cm³/mol. The normalized spacial score (nSPS) is 13.2. The number of hydrogen-bond acceptors (Lipinski definition) is 1. The highest BCUT2D eigenvalue weighted by Crippen LogP contribution is 2.34. The maximum atomic E-state index is 15.4. The highest BCUT2D eigenvalue weighted by Gasteiger charge is 2.52. The molecule has 0 saturated carbocycles. The van der Waals surface area contributed by atoms with Crippen LogP contribution in [-0.4, -0.2) is 11.1 Å². The van der Waals surface area contributed by atoms with Gasteiger partial charge in [0, 0.05) is 5.56 Å². The lowest BCUT2D eigenvalue weighted by atomic mass is 9.12. The number of halogens is 20. The maximum Gasteiger partial charge on any atom is 0.211 e. The highest BCUT2D eigenvalue weighted by atomic mass is 19.2. The first-order valence-corrected chi connectivity index (χ1v) is 18.5. The van der Waals surface area contributed by atoms with E-state index in [4.69, 9.17) is 0 Å². The van der Waals surface area contributed by atoms with E-state index in [1.165, 1.54) is 22.4 Å². The summed E-state index contributed by atoms with van der Waals surface area (Å²) in [5, 5.41) is 0. The monoisotopic (exact) mass is 964 g/mol. The van der Waals surface area contributed by atoms with Crippen LogP contribution in [-0.2, 0) is 6.54 Å². The van der Waals surface area contributed by atoms with Gasteiger partial charge < -0.3 is 0 Å². The van der Waals surface area contributed by atoms with Crippen LogP contribution in [0.3, 0.4) is 0 Å². The Hall–Kier alpha value is -7.20. The van der Waals surface area contributed by atoms with Crippen molar-refractivity contribution in [2.75, 3.05) is 0 Å². The van der Waals surface area contributed by atoms with Crippen LogP contribution in [0.5, 0.6) is 0 Å². The van der Waals surface area contributed by atoms with Crippen LogP contribution in [0.1, 0.15) is 28.3 Å². The number of fused-ring (bicyclic) bond motifs is 1. The molecule has 23 heteroatoms. The molecule has 0 amide bonds. The zero-order valence-electron chi connectivity index (χ0n) is 32.4. The fraction of sp³-hybridized carbons (Fsp3) is 0.0455. The zero-order valence-corrected chi connectivity index (χ0v) is 32.4. The summed E-state index contributed by atoms with van der Waals surface area (Å²) < 4.78 is 296. The molecule has 346 valence electrons. The second kappa shape index (κ2) is 17.9. The summed E-state index contributed by atoms with van der Waals surface area (Å²) in [4.78, 5) is 4.35. The Bertz CT molecular complexity index is 2800. The summed E-state index contributed by atoms with van der Waals surface area (Å²) in [6, 6.07) is 19.1. The van der Waals surface area contributed by atoms with Crippen LogP contribution < -0.4 is 26.4 Å². The molecule has 67 heavy (non-hydrogen) atoms. The smallest absolute Gasteiger partial charge is 0.211 e. The van der Waals surface area contributed by atoms with E-state index in [0.717, 1.165) is 6.54 Å². The first-order chi connectivity index (χ1) is 31.6. The van der Waals surface area contributed by atoms with Gasteiger partial charge in [-0.1, -0.05) is 66.7 Å². The zero-order chi connectivity index (χ0) is 49.1. The van der Waals surface area contributed by atoms with Crippen molar-refractivity contribution in [3.8, 4) is 0 Å². The Morgan fingerprint density at radius 1 is 0.403 bits per heavy atom. The minimum atomic E-state index is -7.22. The fourth-order valence-corrected chi connectivity index (χ4v) is 7.96. The van der Waals surface area contributed by atoms with Crippen LogP contribution in [0, 0.1) is 116 Å². The fourth-order valence-electron chi connectivity index (χ4n) is 7.96. The van der Waals surface area contributed by atoms with Crippen molar-refractivity contribution in [3.63, 3.8) is 0 Å². The van der Waals surface area contributed by atoms with Crippen molar-refractivity contribution in [1.29, 1.82) is 0 Å². The predicted octanol–water partition coefficient (Wildman–Crippen LogP) is 9.42. The van der Waals surface area contributed by atoms with Crippen molar-refractivity contribution < 1.29 is 92.4 Å². The molecule has 0 fully saturated rings. The van der Waals surface area contributed by atoms with Gasteiger partial charge in [-0.15, -0.1) is 21.9 Å². The molecule has 1 atom stereocenters. The van der Waals surface area contributed by atoms with E-state index in [-0.39, 0.29) is 5.92 Å². The molecule has 1 aliphatic carbocycles. The van der Waals surface area contributed by atoms with E-state index < -0.39 is 144 Å². The standard InChI is InChI=1S/C24BF20.C20H17N2/c26-5-1(6(27)14(35)21(42)13(5)34)25(2-7(28)15(36)22(43)16(37)8(2)29,3-9(30)17(38)23(44)18(39)10(3)31)4-11(32)19(40)24(45)20(41)12(4)33;1-2-6-16(7-3-1)15-22-13-12-21-14-20(22)19-11-10-17-8-4-5-9-18(17)19/h;1-14,19H,15H2/q-1;+1. The van der Waals surface area contributed by atoms with Gasteiger partial charge in [-0.3, -0.25) is 4.98 Å². The van der Waals surface area contributed by atoms with E-state index in [9.17, 15) is 52.7 Å². The lowest BCUT2D eigenvalue weighted by Gasteiger charge is -2.44. The molecule has 1 heterocycles.